The van der Waals surface area contributed by atoms with E-state index in [0.717, 1.165) is 42.9 Å². The minimum absolute atomic E-state index is 0.0101. The van der Waals surface area contributed by atoms with Crippen molar-refractivity contribution in [3.05, 3.63) is 59.0 Å². The molecule has 0 atom stereocenters. The summed E-state index contributed by atoms with van der Waals surface area (Å²) in [5, 5.41) is 0.186. The van der Waals surface area contributed by atoms with Crippen LogP contribution in [0.15, 0.2) is 47.5 Å². The first-order valence-electron chi connectivity index (χ1n) is 13.2. The van der Waals surface area contributed by atoms with E-state index in [9.17, 15) is 13.2 Å². The minimum atomic E-state index is -3.08. The van der Waals surface area contributed by atoms with E-state index in [1.54, 1.807) is 27.6 Å². The molecule has 0 bridgehead atoms. The Hall–Kier alpha value is -2.76. The normalized spacial score (nSPS) is 16.3. The first-order chi connectivity index (χ1) is 17.9. The zero-order valence-electron chi connectivity index (χ0n) is 22.8. The Bertz CT molecular complexity index is 1630. The van der Waals surface area contributed by atoms with Crippen molar-refractivity contribution < 1.29 is 12.8 Å². The Labute approximate surface area is 224 Å². The molecule has 4 aromatic rings. The monoisotopic (exact) mass is 555 g/mol. The molecule has 0 aliphatic carbocycles. The van der Waals surface area contributed by atoms with Gasteiger partial charge in [-0.3, -0.25) is 14.1 Å². The summed E-state index contributed by atoms with van der Waals surface area (Å²) in [6, 6.07) is 9.45. The number of imidazole rings is 2. The number of aromatic nitrogens is 5. The van der Waals surface area contributed by atoms with Crippen LogP contribution in [0, 0.1) is 0 Å². The highest BCUT2D eigenvalue weighted by Crippen LogP contribution is 2.36. The number of benzene rings is 1. The van der Waals surface area contributed by atoms with Gasteiger partial charge in [0.1, 0.15) is 5.82 Å². The molecule has 0 amide bonds. The third-order valence-electron chi connectivity index (χ3n) is 8.10. The number of aryl methyl sites for hydroxylation is 1. The highest BCUT2D eigenvalue weighted by atomic mass is 32.2. The van der Waals surface area contributed by atoms with Gasteiger partial charge in [0.2, 0.25) is 0 Å². The third kappa shape index (κ3) is 4.99. The highest BCUT2D eigenvalue weighted by molar-refractivity contribution is 7.92. The van der Waals surface area contributed by atoms with Gasteiger partial charge < -0.3 is 8.99 Å². The van der Waals surface area contributed by atoms with Gasteiger partial charge in [0.15, 0.2) is 18.2 Å². The Morgan fingerprint density at radius 3 is 2.47 bits per heavy atom. The van der Waals surface area contributed by atoms with Crippen molar-refractivity contribution in [2.45, 2.75) is 70.9 Å². The van der Waals surface area contributed by atoms with Gasteiger partial charge in [-0.05, 0) is 49.2 Å². The maximum Gasteiger partial charge on any atom is 0.329 e. The summed E-state index contributed by atoms with van der Waals surface area (Å²) < 4.78 is 35.6. The molecule has 4 heterocycles. The van der Waals surface area contributed by atoms with Crippen LogP contribution >= 0.6 is 0 Å². The minimum Gasteiger partial charge on any atom is -0.417 e. The maximum atomic E-state index is 13.6. The quantitative estimate of drug-likeness (QED) is 0.225. The van der Waals surface area contributed by atoms with Crippen LogP contribution in [0.3, 0.4) is 0 Å². The Balaban J connectivity index is 1.41. The lowest BCUT2D eigenvalue weighted by Crippen LogP contribution is -2.42. The largest absolute Gasteiger partial charge is 0.417 e. The van der Waals surface area contributed by atoms with E-state index in [-0.39, 0.29) is 34.8 Å². The fourth-order valence-corrected chi connectivity index (χ4v) is 7.33. The lowest BCUT2D eigenvalue weighted by molar-refractivity contribution is 0.276. The topological polar surface area (TPSA) is 101 Å². The van der Waals surface area contributed by atoms with Gasteiger partial charge in [0, 0.05) is 19.3 Å². The predicted octanol–water partition coefficient (Wildman–Crippen LogP) is 4.37. The van der Waals surface area contributed by atoms with Crippen molar-refractivity contribution in [3.8, 4) is 0 Å². The van der Waals surface area contributed by atoms with Gasteiger partial charge in [-0.2, -0.15) is 0 Å². The van der Waals surface area contributed by atoms with E-state index in [0.29, 0.717) is 11.0 Å². The second-order valence-electron chi connectivity index (χ2n) is 11.8. The number of rotatable bonds is 9. The van der Waals surface area contributed by atoms with Crippen molar-refractivity contribution >= 4 is 40.2 Å². The van der Waals surface area contributed by atoms with Gasteiger partial charge >= 0.3 is 5.69 Å². The first kappa shape index (κ1) is 26.8. The number of pyridine rings is 1. The van der Waals surface area contributed by atoms with Gasteiger partial charge in [-0.25, -0.2) is 18.2 Å². The fraction of sp³-hybridized carbons (Fsp3) is 0.519. The van der Waals surface area contributed by atoms with Crippen LogP contribution in [-0.4, -0.2) is 58.5 Å². The summed E-state index contributed by atoms with van der Waals surface area (Å²) in [6.07, 6.45) is 5.18. The second kappa shape index (κ2) is 9.76. The van der Waals surface area contributed by atoms with Crippen molar-refractivity contribution in [1.82, 2.24) is 23.7 Å². The molecule has 0 radical (unpaired) electrons. The first-order valence-corrected chi connectivity index (χ1v) is 17.9. The molecule has 1 aromatic carbocycles. The number of para-hydroxylation sites is 2. The van der Waals surface area contributed by atoms with Gasteiger partial charge in [-0.15, -0.1) is 0 Å². The molecule has 0 unspecified atom stereocenters. The molecule has 0 N–H and O–H groups in total. The molecule has 1 aliphatic heterocycles. The lowest BCUT2D eigenvalue weighted by Gasteiger charge is -2.36. The van der Waals surface area contributed by atoms with Crippen LogP contribution in [0.25, 0.3) is 22.1 Å². The zero-order valence-corrected chi connectivity index (χ0v) is 24.7. The summed E-state index contributed by atoms with van der Waals surface area (Å²) in [5.41, 5.74) is 3.08. The van der Waals surface area contributed by atoms with E-state index in [4.69, 9.17) is 9.41 Å². The van der Waals surface area contributed by atoms with Gasteiger partial charge in [0.25, 0.3) is 0 Å². The summed E-state index contributed by atoms with van der Waals surface area (Å²) in [6.45, 7) is 13.1. The molecule has 11 heteroatoms. The molecule has 1 fully saturated rings. The molecule has 1 saturated heterocycles. The smallest absolute Gasteiger partial charge is 0.329 e. The van der Waals surface area contributed by atoms with E-state index < -0.39 is 18.2 Å². The third-order valence-corrected chi connectivity index (χ3v) is 14.4. The van der Waals surface area contributed by atoms with E-state index >= 15 is 0 Å². The summed E-state index contributed by atoms with van der Waals surface area (Å²) in [5.74, 6) is 0.774. The number of sulfone groups is 1. The van der Waals surface area contributed by atoms with Crippen LogP contribution < -0.4 is 5.69 Å². The van der Waals surface area contributed by atoms with Gasteiger partial charge in [0.05, 0.1) is 52.4 Å². The standard InChI is InChI=1S/C27H37N5O4SSi/c1-27(2,3)38(4,5)36-15-9-8-14-30-22-11-7-6-10-21(22)29-25(30)17-31-24-16-28-13-12-23(24)32(26(31)33)20-18-37(34,35)19-20/h6-7,10-13,16,20H,8-9,14-15,17-19H2,1-5H3. The molecule has 3 aromatic heterocycles. The second-order valence-corrected chi connectivity index (χ2v) is 18.8. The Morgan fingerprint density at radius 1 is 1.03 bits per heavy atom. The summed E-state index contributed by atoms with van der Waals surface area (Å²) in [4.78, 5) is 22.7. The zero-order chi connectivity index (χ0) is 27.3. The number of hydrogen-bond donors (Lipinski definition) is 0. The van der Waals surface area contributed by atoms with Crippen LogP contribution in [0.2, 0.25) is 18.1 Å². The van der Waals surface area contributed by atoms with Crippen molar-refractivity contribution in [3.63, 3.8) is 0 Å². The van der Waals surface area contributed by atoms with Crippen molar-refractivity contribution in [1.29, 1.82) is 0 Å². The average molecular weight is 556 g/mol. The molecule has 0 saturated carbocycles. The Kier molecular flexibility index (Phi) is 6.89. The van der Waals surface area contributed by atoms with E-state index in [2.05, 4.69) is 49.5 Å². The molecule has 0 spiro atoms. The van der Waals surface area contributed by atoms with E-state index in [1.165, 1.54) is 0 Å². The number of nitrogens with zero attached hydrogens (tertiary/aromatic N) is 5. The van der Waals surface area contributed by atoms with Crippen LogP contribution in [-0.2, 0) is 27.4 Å². The molecular weight excluding hydrogens is 518 g/mol. The summed E-state index contributed by atoms with van der Waals surface area (Å²) >= 11 is 0. The van der Waals surface area contributed by atoms with Crippen LogP contribution in [0.5, 0.6) is 0 Å². The SMILES string of the molecule is CC(C)(C)[Si](C)(C)OCCCCn1c(Cn2c(=O)n(C3CS(=O)(=O)C3)c3ccncc32)nc2ccccc21. The van der Waals surface area contributed by atoms with Crippen LogP contribution in [0.1, 0.15) is 45.5 Å². The molecule has 9 nitrogen and oxygen atoms in total. The molecule has 5 rings (SSSR count). The van der Waals surface area contributed by atoms with Crippen molar-refractivity contribution in [2.75, 3.05) is 18.1 Å². The maximum absolute atomic E-state index is 13.6. The number of hydrogen-bond acceptors (Lipinski definition) is 6. The number of fused-ring (bicyclic) bond motifs is 2. The molecule has 204 valence electrons. The molecule has 38 heavy (non-hydrogen) atoms. The predicted molar refractivity (Wildman–Crippen MR) is 153 cm³/mol. The van der Waals surface area contributed by atoms with Crippen molar-refractivity contribution in [2.24, 2.45) is 0 Å². The highest BCUT2D eigenvalue weighted by Gasteiger charge is 2.38. The lowest BCUT2D eigenvalue weighted by atomic mass is 10.2. The average Bonchev–Trinajstić information content (AvgIpc) is 3.31. The van der Waals surface area contributed by atoms with Crippen LogP contribution in [0.4, 0.5) is 0 Å². The number of unbranched alkanes of at least 4 members (excludes halogenated alkanes) is 1. The molecule has 1 aliphatic rings. The van der Waals surface area contributed by atoms with Gasteiger partial charge in [-0.1, -0.05) is 32.9 Å². The fourth-order valence-electron chi connectivity index (χ4n) is 4.87. The summed E-state index contributed by atoms with van der Waals surface area (Å²) in [7, 11) is -4.86. The van der Waals surface area contributed by atoms with E-state index in [1.807, 2.05) is 18.2 Å². The molecular formula is C27H37N5O4SSi. The Morgan fingerprint density at radius 2 is 1.76 bits per heavy atom.